The van der Waals surface area contributed by atoms with Crippen LogP contribution in [-0.4, -0.2) is 46.9 Å². The fraction of sp³-hybridized carbons (Fsp3) is 0.825. The fourth-order valence-corrected chi connectivity index (χ4v) is 8.22. The summed E-state index contributed by atoms with van der Waals surface area (Å²) in [4.78, 5) is 26.2. The number of nitrogens with one attached hydrogen (secondary N) is 1. The van der Waals surface area contributed by atoms with Gasteiger partial charge in [-0.05, 0) is 77.0 Å². The van der Waals surface area contributed by atoms with Crippen LogP contribution < -0.4 is 5.32 Å². The SMILES string of the molecule is CCCCC/C=C\C/C=C\CCCCCCCCCC(CC(=O)NC(CO)C(O)CCCCCCCCCCCCCCCC)OC(=O)CC/C=C/C/C=C\CCCCCCCC. The first kappa shape index (κ1) is 60.8. The van der Waals surface area contributed by atoms with E-state index in [0.717, 1.165) is 64.2 Å². The quantitative estimate of drug-likeness (QED) is 0.0321. The number of rotatable bonds is 49. The number of allylic oxidation sites excluding steroid dienone is 8. The molecule has 0 aromatic rings. The van der Waals surface area contributed by atoms with Gasteiger partial charge in [-0.15, -0.1) is 0 Å². The molecule has 0 aliphatic heterocycles. The lowest BCUT2D eigenvalue weighted by atomic mass is 10.0. The molecule has 0 spiro atoms. The number of esters is 1. The average Bonchev–Trinajstić information content (AvgIpc) is 3.28. The summed E-state index contributed by atoms with van der Waals surface area (Å²) in [5, 5.41) is 23.8. The lowest BCUT2D eigenvalue weighted by Gasteiger charge is -2.24. The van der Waals surface area contributed by atoms with Gasteiger partial charge in [0.05, 0.1) is 25.2 Å². The van der Waals surface area contributed by atoms with E-state index >= 15 is 0 Å². The molecule has 0 saturated carbocycles. The molecule has 6 heteroatoms. The van der Waals surface area contributed by atoms with Gasteiger partial charge in [-0.25, -0.2) is 0 Å². The predicted octanol–water partition coefficient (Wildman–Crippen LogP) is 16.6. The monoisotopic (exact) mass is 884 g/mol. The molecule has 0 aliphatic carbocycles. The van der Waals surface area contributed by atoms with Gasteiger partial charge in [0.25, 0.3) is 0 Å². The van der Waals surface area contributed by atoms with E-state index in [9.17, 15) is 19.8 Å². The molecule has 3 unspecified atom stereocenters. The minimum Gasteiger partial charge on any atom is -0.462 e. The topological polar surface area (TPSA) is 95.9 Å². The minimum absolute atomic E-state index is 0.0508. The van der Waals surface area contributed by atoms with E-state index in [0.29, 0.717) is 19.3 Å². The van der Waals surface area contributed by atoms with Gasteiger partial charge in [0.2, 0.25) is 5.91 Å². The first-order valence-corrected chi connectivity index (χ1v) is 27.4. The predicted molar refractivity (Wildman–Crippen MR) is 273 cm³/mol. The Labute approximate surface area is 391 Å². The van der Waals surface area contributed by atoms with Crippen molar-refractivity contribution in [1.29, 1.82) is 0 Å². The number of aliphatic hydroxyl groups is 2. The highest BCUT2D eigenvalue weighted by Crippen LogP contribution is 2.18. The summed E-state index contributed by atoms with van der Waals surface area (Å²) >= 11 is 0. The first-order valence-electron chi connectivity index (χ1n) is 27.4. The van der Waals surface area contributed by atoms with Gasteiger partial charge < -0.3 is 20.3 Å². The lowest BCUT2D eigenvalue weighted by molar-refractivity contribution is -0.150. The van der Waals surface area contributed by atoms with Gasteiger partial charge in [-0.1, -0.05) is 236 Å². The number of amides is 1. The van der Waals surface area contributed by atoms with Crippen molar-refractivity contribution in [2.24, 2.45) is 0 Å². The van der Waals surface area contributed by atoms with Crippen LogP contribution in [0.3, 0.4) is 0 Å². The zero-order valence-corrected chi connectivity index (χ0v) is 42.0. The van der Waals surface area contributed by atoms with Crippen molar-refractivity contribution >= 4 is 11.9 Å². The van der Waals surface area contributed by atoms with E-state index < -0.39 is 18.2 Å². The third-order valence-corrected chi connectivity index (χ3v) is 12.4. The maximum absolute atomic E-state index is 13.2. The van der Waals surface area contributed by atoms with Crippen molar-refractivity contribution in [3.63, 3.8) is 0 Å². The molecule has 3 atom stereocenters. The second-order valence-electron chi connectivity index (χ2n) is 18.6. The number of unbranched alkanes of at least 4 members (excludes halogenated alkanes) is 29. The summed E-state index contributed by atoms with van der Waals surface area (Å²) in [6.45, 7) is 6.45. The lowest BCUT2D eigenvalue weighted by Crippen LogP contribution is -2.46. The normalized spacial score (nSPS) is 13.5. The molecule has 0 aromatic carbocycles. The largest absolute Gasteiger partial charge is 0.462 e. The molecule has 63 heavy (non-hydrogen) atoms. The van der Waals surface area contributed by atoms with E-state index in [1.54, 1.807) is 0 Å². The van der Waals surface area contributed by atoms with Crippen LogP contribution in [0.2, 0.25) is 0 Å². The molecule has 3 N–H and O–H groups in total. The summed E-state index contributed by atoms with van der Waals surface area (Å²) in [5.74, 6) is -0.554. The van der Waals surface area contributed by atoms with Gasteiger partial charge in [0, 0.05) is 6.42 Å². The van der Waals surface area contributed by atoms with Gasteiger partial charge in [0.1, 0.15) is 6.10 Å². The van der Waals surface area contributed by atoms with E-state index in [-0.39, 0.29) is 31.3 Å². The van der Waals surface area contributed by atoms with Crippen LogP contribution in [0.25, 0.3) is 0 Å². The third kappa shape index (κ3) is 46.2. The minimum atomic E-state index is -0.798. The van der Waals surface area contributed by atoms with E-state index in [2.05, 4.69) is 68.6 Å². The van der Waals surface area contributed by atoms with E-state index in [4.69, 9.17) is 4.74 Å². The number of carbonyl (C=O) groups excluding carboxylic acids is 2. The Balaban J connectivity index is 4.63. The van der Waals surface area contributed by atoms with Crippen molar-refractivity contribution in [1.82, 2.24) is 5.32 Å². The van der Waals surface area contributed by atoms with Crippen LogP contribution in [0, 0.1) is 0 Å². The molecule has 6 nitrogen and oxygen atoms in total. The Morgan fingerprint density at radius 1 is 0.460 bits per heavy atom. The molecule has 368 valence electrons. The van der Waals surface area contributed by atoms with Crippen molar-refractivity contribution < 1.29 is 24.5 Å². The van der Waals surface area contributed by atoms with Crippen LogP contribution in [-0.2, 0) is 14.3 Å². The Morgan fingerprint density at radius 2 is 0.810 bits per heavy atom. The van der Waals surface area contributed by atoms with Crippen molar-refractivity contribution in [3.8, 4) is 0 Å². The molecule has 0 radical (unpaired) electrons. The zero-order valence-electron chi connectivity index (χ0n) is 42.0. The Morgan fingerprint density at radius 3 is 1.24 bits per heavy atom. The molecule has 0 saturated heterocycles. The number of carbonyl (C=O) groups is 2. The van der Waals surface area contributed by atoms with Gasteiger partial charge in [-0.2, -0.15) is 0 Å². The molecule has 1 amide bonds. The highest BCUT2D eigenvalue weighted by molar-refractivity contribution is 5.77. The Kier molecular flexibility index (Phi) is 49.1. The molecular formula is C57H105NO5. The van der Waals surface area contributed by atoms with Crippen molar-refractivity contribution in [3.05, 3.63) is 48.6 Å². The summed E-state index contributed by atoms with van der Waals surface area (Å²) in [6, 6.07) is -0.714. The molecular weight excluding hydrogens is 779 g/mol. The van der Waals surface area contributed by atoms with Crippen LogP contribution >= 0.6 is 0 Å². The second kappa shape index (κ2) is 50.8. The summed E-state index contributed by atoms with van der Waals surface area (Å²) < 4.78 is 5.91. The maximum Gasteiger partial charge on any atom is 0.306 e. The van der Waals surface area contributed by atoms with Crippen molar-refractivity contribution in [2.75, 3.05) is 6.61 Å². The molecule has 0 fully saturated rings. The van der Waals surface area contributed by atoms with Crippen LogP contribution in [0.5, 0.6) is 0 Å². The molecule has 0 heterocycles. The zero-order chi connectivity index (χ0) is 45.9. The Bertz CT molecular complexity index is 1080. The molecule has 0 bridgehead atoms. The van der Waals surface area contributed by atoms with Gasteiger partial charge >= 0.3 is 5.97 Å². The summed E-state index contributed by atoms with van der Waals surface area (Å²) in [5.41, 5.74) is 0. The van der Waals surface area contributed by atoms with Crippen LogP contribution in [0.1, 0.15) is 278 Å². The number of aliphatic hydroxyl groups excluding tert-OH is 2. The van der Waals surface area contributed by atoms with Crippen LogP contribution in [0.4, 0.5) is 0 Å². The smallest absolute Gasteiger partial charge is 0.306 e. The summed E-state index contributed by atoms with van der Waals surface area (Å²) in [7, 11) is 0. The van der Waals surface area contributed by atoms with E-state index in [1.165, 1.54) is 161 Å². The Hall–Kier alpha value is -2.18. The fourth-order valence-electron chi connectivity index (χ4n) is 8.22. The molecule has 0 aliphatic rings. The average molecular weight is 884 g/mol. The first-order chi connectivity index (χ1) is 31.0. The summed E-state index contributed by atoms with van der Waals surface area (Å²) in [6.07, 6.45) is 61.8. The highest BCUT2D eigenvalue weighted by atomic mass is 16.5. The number of hydrogen-bond donors (Lipinski definition) is 3. The van der Waals surface area contributed by atoms with Crippen LogP contribution in [0.15, 0.2) is 48.6 Å². The number of hydrogen-bond acceptors (Lipinski definition) is 5. The van der Waals surface area contributed by atoms with E-state index in [1.807, 2.05) is 6.08 Å². The maximum atomic E-state index is 13.2. The second-order valence-corrected chi connectivity index (χ2v) is 18.6. The standard InChI is InChI=1S/C57H105NO5/c1-4-7-10-13-16-19-22-25-27-28-29-31-33-36-39-42-45-48-53(63-57(62)50-47-44-41-38-35-30-24-21-18-15-12-9-6-3)51-56(61)58-54(52-59)55(60)49-46-43-40-37-34-32-26-23-20-17-14-11-8-5-2/h16,19,25,27,30,35,41,44,53-55,59-60H,4-15,17-18,20-24,26,28-29,31-34,36-40,42-43,45-52H2,1-3H3,(H,58,61)/b19-16-,27-25-,35-30-,44-41+. The third-order valence-electron chi connectivity index (χ3n) is 12.4. The van der Waals surface area contributed by atoms with Crippen molar-refractivity contribution in [2.45, 2.75) is 296 Å². The molecule has 0 rings (SSSR count). The van der Waals surface area contributed by atoms with Gasteiger partial charge in [-0.3, -0.25) is 9.59 Å². The number of ether oxygens (including phenoxy) is 1. The highest BCUT2D eigenvalue weighted by Gasteiger charge is 2.24. The van der Waals surface area contributed by atoms with Gasteiger partial charge in [0.15, 0.2) is 0 Å². The molecule has 0 aromatic heterocycles.